The average Bonchev–Trinajstić information content (AvgIpc) is 3.67. The third kappa shape index (κ3) is 2.34. The molecule has 1 fully saturated rings. The summed E-state index contributed by atoms with van der Waals surface area (Å²) < 4.78 is 6.54. The molecule has 0 bridgehead atoms. The quantitative estimate of drug-likeness (QED) is 0.244. The summed E-state index contributed by atoms with van der Waals surface area (Å²) in [5, 5.41) is 9.77. The van der Waals surface area contributed by atoms with Gasteiger partial charge in [-0.15, -0.1) is 22.7 Å². The lowest BCUT2D eigenvalue weighted by Gasteiger charge is -2.40. The molecular weight excluding hydrogens is 454 g/mol. The van der Waals surface area contributed by atoms with Crippen LogP contribution in [0.5, 0.6) is 0 Å². The van der Waals surface area contributed by atoms with Crippen LogP contribution in [0, 0.1) is 0 Å². The van der Waals surface area contributed by atoms with Gasteiger partial charge < -0.3 is 4.57 Å². The van der Waals surface area contributed by atoms with Crippen molar-refractivity contribution >= 4 is 70.4 Å². The fourth-order valence-corrected chi connectivity index (χ4v) is 8.43. The van der Waals surface area contributed by atoms with E-state index < -0.39 is 0 Å². The summed E-state index contributed by atoms with van der Waals surface area (Å²) in [5.41, 5.74) is 4.99. The van der Waals surface area contributed by atoms with Crippen molar-refractivity contribution in [2.24, 2.45) is 0 Å². The van der Waals surface area contributed by atoms with Crippen LogP contribution in [0.25, 0.3) is 47.8 Å². The van der Waals surface area contributed by atoms with Crippen LogP contribution in [-0.2, 0) is 5.54 Å². The predicted octanol–water partition coefficient (Wildman–Crippen LogP) is 8.58. The van der Waals surface area contributed by atoms with E-state index in [1.807, 2.05) is 22.7 Å². The minimum atomic E-state index is -0.124. The van der Waals surface area contributed by atoms with Crippen molar-refractivity contribution in [1.82, 2.24) is 14.0 Å². The Balaban J connectivity index is 1.56. The molecule has 34 heavy (non-hydrogen) atoms. The van der Waals surface area contributed by atoms with Gasteiger partial charge in [0.2, 0.25) is 0 Å². The molecule has 1 aliphatic rings. The highest BCUT2D eigenvalue weighted by Gasteiger charge is 2.41. The molecule has 1 saturated carbocycles. The number of benzene rings is 2. The van der Waals surface area contributed by atoms with E-state index in [4.69, 9.17) is 4.98 Å². The highest BCUT2D eigenvalue weighted by atomic mass is 32.1. The van der Waals surface area contributed by atoms with Gasteiger partial charge in [0.1, 0.15) is 10.5 Å². The number of para-hydroxylation sites is 2. The third-order valence-electron chi connectivity index (χ3n) is 7.93. The summed E-state index contributed by atoms with van der Waals surface area (Å²) >= 11 is 3.67. The van der Waals surface area contributed by atoms with E-state index in [1.165, 1.54) is 67.1 Å². The molecule has 8 rings (SSSR count). The number of aromatic nitrogens is 3. The molecule has 7 aromatic rings. The van der Waals surface area contributed by atoms with Crippen molar-refractivity contribution in [1.29, 1.82) is 0 Å². The number of thiophene rings is 2. The SMILES string of the molecule is c1ccc2c(c1)c1ccccc1n2C1(c2cnc3c4ccsc4c4ccsc4n23)CCCCC1. The molecule has 3 nitrogen and oxygen atoms in total. The predicted molar refractivity (Wildman–Crippen MR) is 146 cm³/mol. The fraction of sp³-hybridized carbons (Fsp3) is 0.207. The first-order chi connectivity index (χ1) is 16.9. The van der Waals surface area contributed by atoms with Crippen LogP contribution >= 0.6 is 22.7 Å². The monoisotopic (exact) mass is 477 g/mol. The van der Waals surface area contributed by atoms with E-state index in [2.05, 4.69) is 86.6 Å². The molecule has 166 valence electrons. The van der Waals surface area contributed by atoms with E-state index >= 15 is 0 Å². The van der Waals surface area contributed by atoms with Crippen LogP contribution in [0.2, 0.25) is 0 Å². The van der Waals surface area contributed by atoms with Crippen molar-refractivity contribution < 1.29 is 0 Å². The molecule has 0 atom stereocenters. The van der Waals surface area contributed by atoms with E-state index in [-0.39, 0.29) is 5.54 Å². The lowest BCUT2D eigenvalue weighted by molar-refractivity contribution is 0.252. The van der Waals surface area contributed by atoms with Gasteiger partial charge in [0.15, 0.2) is 0 Å². The topological polar surface area (TPSA) is 22.2 Å². The summed E-state index contributed by atoms with van der Waals surface area (Å²) in [6.07, 6.45) is 8.25. The number of hydrogen-bond donors (Lipinski definition) is 0. The molecular formula is C29H23N3S2. The zero-order valence-corrected chi connectivity index (χ0v) is 20.3. The Kier molecular flexibility index (Phi) is 3.91. The maximum absolute atomic E-state index is 5.10. The minimum Gasteiger partial charge on any atom is -0.328 e. The normalized spacial score (nSPS) is 16.5. The zero-order chi connectivity index (χ0) is 22.3. The Morgan fingerprint density at radius 3 is 2.15 bits per heavy atom. The molecule has 0 unspecified atom stereocenters. The van der Waals surface area contributed by atoms with Gasteiger partial charge in [0.25, 0.3) is 0 Å². The third-order valence-corrected chi connectivity index (χ3v) is 9.77. The number of fused-ring (bicyclic) bond motifs is 9. The van der Waals surface area contributed by atoms with E-state index in [9.17, 15) is 0 Å². The summed E-state index contributed by atoms with van der Waals surface area (Å²) in [4.78, 5) is 6.42. The Morgan fingerprint density at radius 1 is 0.706 bits per heavy atom. The van der Waals surface area contributed by atoms with Gasteiger partial charge in [-0.2, -0.15) is 0 Å². The van der Waals surface area contributed by atoms with E-state index in [0.29, 0.717) is 0 Å². The number of imidazole rings is 1. The maximum Gasteiger partial charge on any atom is 0.146 e. The molecule has 0 N–H and O–H groups in total. The molecule has 1 aliphatic carbocycles. The van der Waals surface area contributed by atoms with Crippen molar-refractivity contribution in [3.8, 4) is 0 Å². The molecule has 0 spiro atoms. The molecule has 0 amide bonds. The molecule has 5 heterocycles. The van der Waals surface area contributed by atoms with Crippen LogP contribution in [0.4, 0.5) is 0 Å². The zero-order valence-electron chi connectivity index (χ0n) is 18.7. The first-order valence-electron chi connectivity index (χ1n) is 12.1. The second-order valence-corrected chi connectivity index (χ2v) is 11.4. The van der Waals surface area contributed by atoms with Crippen LogP contribution in [0.15, 0.2) is 77.6 Å². The number of rotatable bonds is 2. The minimum absolute atomic E-state index is 0.124. The smallest absolute Gasteiger partial charge is 0.146 e. The Morgan fingerprint density at radius 2 is 1.38 bits per heavy atom. The van der Waals surface area contributed by atoms with Crippen molar-refractivity contribution in [3.05, 3.63) is 83.3 Å². The van der Waals surface area contributed by atoms with E-state index in [1.54, 1.807) is 0 Å². The van der Waals surface area contributed by atoms with Crippen LogP contribution in [0.1, 0.15) is 37.8 Å². The first-order valence-corrected chi connectivity index (χ1v) is 13.9. The molecule has 5 heteroatoms. The molecule has 5 aromatic heterocycles. The second kappa shape index (κ2) is 6.94. The van der Waals surface area contributed by atoms with Crippen LogP contribution in [-0.4, -0.2) is 14.0 Å². The fourth-order valence-electron chi connectivity index (χ4n) is 6.53. The van der Waals surface area contributed by atoms with Gasteiger partial charge in [0.05, 0.1) is 17.4 Å². The van der Waals surface area contributed by atoms with Gasteiger partial charge >= 0.3 is 0 Å². The highest BCUT2D eigenvalue weighted by molar-refractivity contribution is 7.21. The standard InChI is InChI=1S/C29H23N3S2/c1-6-14-29(15-7-1,32-23-10-4-2-8-19(23)20-9-3-5-11-24(20)32)25-18-30-27-21-12-16-33-26(21)22-13-17-34-28(22)31(25)27/h2-5,8-13,16-18H,1,6-7,14-15H2. The molecule has 0 aliphatic heterocycles. The molecule has 0 saturated heterocycles. The summed E-state index contributed by atoms with van der Waals surface area (Å²) in [5.74, 6) is 0. The van der Waals surface area contributed by atoms with Crippen LogP contribution in [0.3, 0.4) is 0 Å². The largest absolute Gasteiger partial charge is 0.328 e. The lowest BCUT2D eigenvalue weighted by Crippen LogP contribution is -2.38. The summed E-state index contributed by atoms with van der Waals surface area (Å²) in [6, 6.07) is 22.4. The Bertz CT molecular complexity index is 1770. The average molecular weight is 478 g/mol. The Hall–Kier alpha value is -3.15. The van der Waals surface area contributed by atoms with Gasteiger partial charge in [-0.1, -0.05) is 55.7 Å². The maximum atomic E-state index is 5.10. The van der Waals surface area contributed by atoms with Gasteiger partial charge in [-0.3, -0.25) is 4.40 Å². The highest BCUT2D eigenvalue weighted by Crippen LogP contribution is 2.47. The van der Waals surface area contributed by atoms with Crippen LogP contribution < -0.4 is 0 Å². The summed E-state index contributed by atoms with van der Waals surface area (Å²) in [7, 11) is 0. The van der Waals surface area contributed by atoms with Gasteiger partial charge in [-0.25, -0.2) is 4.98 Å². The second-order valence-electron chi connectivity index (χ2n) is 9.57. The number of pyridine rings is 1. The Labute approximate surface area is 204 Å². The molecule has 0 radical (unpaired) electrons. The van der Waals surface area contributed by atoms with Crippen molar-refractivity contribution in [2.75, 3.05) is 0 Å². The van der Waals surface area contributed by atoms with Gasteiger partial charge in [-0.05, 0) is 47.9 Å². The van der Waals surface area contributed by atoms with E-state index in [0.717, 1.165) is 18.5 Å². The number of hydrogen-bond acceptors (Lipinski definition) is 3. The van der Waals surface area contributed by atoms with Gasteiger partial charge in [0, 0.05) is 37.3 Å². The van der Waals surface area contributed by atoms with Crippen molar-refractivity contribution in [3.63, 3.8) is 0 Å². The lowest BCUT2D eigenvalue weighted by atomic mass is 9.78. The van der Waals surface area contributed by atoms with Crippen molar-refractivity contribution in [2.45, 2.75) is 37.6 Å². The number of nitrogens with zero attached hydrogens (tertiary/aromatic N) is 3. The summed E-state index contributed by atoms with van der Waals surface area (Å²) in [6.45, 7) is 0. The first kappa shape index (κ1) is 19.2. The molecule has 2 aromatic carbocycles.